The Hall–Kier alpha value is -2.74. The predicted octanol–water partition coefficient (Wildman–Crippen LogP) is 4.16. The van der Waals surface area contributed by atoms with E-state index in [-0.39, 0.29) is 5.69 Å². The summed E-state index contributed by atoms with van der Waals surface area (Å²) in [6.07, 6.45) is 0.750. The molecule has 0 saturated carbocycles. The van der Waals surface area contributed by atoms with E-state index < -0.39 is 34.2 Å². The number of rotatable bonds is 4. The molecule has 0 aromatic heterocycles. The SMILES string of the molecule is CS(=O)c1ccc(C(=O)Nc2ccc(F)c(NC(=O)OC(C)(C)C)c2)cc1. The van der Waals surface area contributed by atoms with E-state index in [0.29, 0.717) is 16.1 Å². The molecule has 0 bridgehead atoms. The number of ether oxygens (including phenoxy) is 1. The van der Waals surface area contributed by atoms with Crippen molar-refractivity contribution in [1.29, 1.82) is 0 Å². The first kappa shape index (κ1) is 20.6. The van der Waals surface area contributed by atoms with Crippen molar-refractivity contribution in [2.24, 2.45) is 0 Å². The summed E-state index contributed by atoms with van der Waals surface area (Å²) in [4.78, 5) is 24.7. The highest BCUT2D eigenvalue weighted by Gasteiger charge is 2.18. The molecule has 1 unspecified atom stereocenters. The Morgan fingerprint density at radius 2 is 1.67 bits per heavy atom. The molecule has 2 aromatic rings. The topological polar surface area (TPSA) is 84.5 Å². The van der Waals surface area contributed by atoms with Crippen LogP contribution < -0.4 is 10.6 Å². The van der Waals surface area contributed by atoms with Gasteiger partial charge < -0.3 is 10.1 Å². The van der Waals surface area contributed by atoms with Crippen molar-refractivity contribution in [3.8, 4) is 0 Å². The van der Waals surface area contributed by atoms with Gasteiger partial charge in [0.25, 0.3) is 5.91 Å². The van der Waals surface area contributed by atoms with Crippen molar-refractivity contribution in [2.45, 2.75) is 31.3 Å². The Morgan fingerprint density at radius 3 is 2.22 bits per heavy atom. The van der Waals surface area contributed by atoms with Crippen LogP contribution in [0.1, 0.15) is 31.1 Å². The molecule has 27 heavy (non-hydrogen) atoms. The molecule has 2 rings (SSSR count). The minimum absolute atomic E-state index is 0.112. The van der Waals surface area contributed by atoms with E-state index in [1.807, 2.05) is 0 Å². The van der Waals surface area contributed by atoms with Crippen molar-refractivity contribution >= 4 is 34.2 Å². The lowest BCUT2D eigenvalue weighted by molar-refractivity contribution is 0.0635. The molecule has 0 aliphatic heterocycles. The van der Waals surface area contributed by atoms with Gasteiger partial charge in [-0.15, -0.1) is 0 Å². The second-order valence-electron chi connectivity index (χ2n) is 6.75. The number of carbonyl (C=O) groups is 2. The third-order valence-corrected chi connectivity index (χ3v) is 4.24. The Bertz CT molecular complexity index is 876. The molecule has 1 atom stereocenters. The summed E-state index contributed by atoms with van der Waals surface area (Å²) >= 11 is 0. The normalized spacial score (nSPS) is 12.2. The van der Waals surface area contributed by atoms with E-state index >= 15 is 0 Å². The van der Waals surface area contributed by atoms with Gasteiger partial charge in [-0.1, -0.05) is 0 Å². The van der Waals surface area contributed by atoms with Crippen LogP contribution in [-0.4, -0.2) is 28.1 Å². The number of nitrogens with one attached hydrogen (secondary N) is 2. The fourth-order valence-corrected chi connectivity index (χ4v) is 2.63. The van der Waals surface area contributed by atoms with Crippen LogP contribution in [0, 0.1) is 5.82 Å². The average molecular weight is 392 g/mol. The van der Waals surface area contributed by atoms with Gasteiger partial charge in [-0.05, 0) is 63.2 Å². The maximum Gasteiger partial charge on any atom is 0.412 e. The second kappa shape index (κ2) is 8.30. The summed E-state index contributed by atoms with van der Waals surface area (Å²) < 4.78 is 30.4. The number of halogens is 1. The number of hydrogen-bond acceptors (Lipinski definition) is 4. The van der Waals surface area contributed by atoms with Gasteiger partial charge in [-0.2, -0.15) is 0 Å². The molecular formula is C19H21FN2O4S. The third-order valence-electron chi connectivity index (χ3n) is 3.31. The summed E-state index contributed by atoms with van der Waals surface area (Å²) in [6.45, 7) is 5.08. The molecule has 0 aliphatic carbocycles. The van der Waals surface area contributed by atoms with E-state index in [4.69, 9.17) is 4.74 Å². The molecule has 0 heterocycles. The van der Waals surface area contributed by atoms with Crippen molar-refractivity contribution in [2.75, 3.05) is 16.9 Å². The molecule has 2 aromatic carbocycles. The van der Waals surface area contributed by atoms with Crippen LogP contribution in [0.5, 0.6) is 0 Å². The maximum absolute atomic E-state index is 13.9. The maximum atomic E-state index is 13.9. The Balaban J connectivity index is 2.11. The lowest BCUT2D eigenvalue weighted by atomic mass is 10.2. The largest absolute Gasteiger partial charge is 0.444 e. The predicted molar refractivity (Wildman–Crippen MR) is 103 cm³/mol. The minimum atomic E-state index is -1.13. The lowest BCUT2D eigenvalue weighted by Crippen LogP contribution is -2.27. The smallest absolute Gasteiger partial charge is 0.412 e. The van der Waals surface area contributed by atoms with E-state index in [0.717, 1.165) is 6.07 Å². The van der Waals surface area contributed by atoms with Crippen molar-refractivity contribution in [3.05, 3.63) is 53.8 Å². The van der Waals surface area contributed by atoms with E-state index in [2.05, 4.69) is 10.6 Å². The quantitative estimate of drug-likeness (QED) is 0.818. The van der Waals surface area contributed by atoms with Gasteiger partial charge >= 0.3 is 6.09 Å². The third kappa shape index (κ3) is 6.18. The summed E-state index contributed by atoms with van der Waals surface area (Å²) in [7, 11) is -1.13. The van der Waals surface area contributed by atoms with E-state index in [9.17, 15) is 18.2 Å². The number of amides is 2. The highest BCUT2D eigenvalue weighted by molar-refractivity contribution is 7.84. The molecule has 144 valence electrons. The first-order valence-corrected chi connectivity index (χ1v) is 9.65. The molecular weight excluding hydrogens is 371 g/mol. The molecule has 0 radical (unpaired) electrons. The zero-order valence-corrected chi connectivity index (χ0v) is 16.3. The summed E-state index contributed by atoms with van der Waals surface area (Å²) in [6, 6.07) is 10.1. The number of anilines is 2. The van der Waals surface area contributed by atoms with Crippen LogP contribution >= 0.6 is 0 Å². The summed E-state index contributed by atoms with van der Waals surface area (Å²) in [5, 5.41) is 4.94. The van der Waals surface area contributed by atoms with Gasteiger partial charge in [0.1, 0.15) is 11.4 Å². The number of hydrogen-bond donors (Lipinski definition) is 2. The zero-order chi connectivity index (χ0) is 20.2. The van der Waals surface area contributed by atoms with Gasteiger partial charge in [0, 0.05) is 33.2 Å². The average Bonchev–Trinajstić information content (AvgIpc) is 2.56. The fourth-order valence-electron chi connectivity index (χ4n) is 2.11. The van der Waals surface area contributed by atoms with Gasteiger partial charge in [0.15, 0.2) is 0 Å². The fraction of sp³-hybridized carbons (Fsp3) is 0.263. The van der Waals surface area contributed by atoms with Gasteiger partial charge in [0.05, 0.1) is 5.69 Å². The highest BCUT2D eigenvalue weighted by atomic mass is 32.2. The zero-order valence-electron chi connectivity index (χ0n) is 15.5. The molecule has 0 saturated heterocycles. The van der Waals surface area contributed by atoms with E-state index in [1.165, 1.54) is 12.1 Å². The van der Waals surface area contributed by atoms with Crippen LogP contribution in [0.3, 0.4) is 0 Å². The number of carbonyl (C=O) groups excluding carboxylic acids is 2. The molecule has 0 aliphatic rings. The molecule has 0 spiro atoms. The monoisotopic (exact) mass is 392 g/mol. The molecule has 2 N–H and O–H groups in total. The van der Waals surface area contributed by atoms with Crippen molar-refractivity contribution in [3.63, 3.8) is 0 Å². The molecule has 2 amide bonds. The summed E-state index contributed by atoms with van der Waals surface area (Å²) in [5.41, 5.74) is -0.176. The van der Waals surface area contributed by atoms with Gasteiger partial charge in [-0.25, -0.2) is 9.18 Å². The van der Waals surface area contributed by atoms with Gasteiger partial charge in [-0.3, -0.25) is 14.3 Å². The first-order valence-electron chi connectivity index (χ1n) is 8.09. The van der Waals surface area contributed by atoms with E-state index in [1.54, 1.807) is 51.3 Å². The lowest BCUT2D eigenvalue weighted by Gasteiger charge is -2.20. The molecule has 0 fully saturated rings. The standard InChI is InChI=1S/C19H21FN2O4S/c1-19(2,3)26-18(24)22-16-11-13(7-10-15(16)20)21-17(23)12-5-8-14(9-6-12)27(4)25/h5-11H,1-4H3,(H,21,23)(H,22,24). The van der Waals surface area contributed by atoms with Crippen LogP contribution in [0.15, 0.2) is 47.4 Å². The van der Waals surface area contributed by atoms with Crippen LogP contribution in [-0.2, 0) is 15.5 Å². The highest BCUT2D eigenvalue weighted by Crippen LogP contribution is 2.21. The second-order valence-corrected chi connectivity index (χ2v) is 8.13. The van der Waals surface area contributed by atoms with Crippen molar-refractivity contribution in [1.82, 2.24) is 0 Å². The van der Waals surface area contributed by atoms with Crippen LogP contribution in [0.25, 0.3) is 0 Å². The summed E-state index contributed by atoms with van der Waals surface area (Å²) in [5.74, 6) is -1.08. The Kier molecular flexibility index (Phi) is 6.32. The van der Waals surface area contributed by atoms with Crippen LogP contribution in [0.4, 0.5) is 20.6 Å². The van der Waals surface area contributed by atoms with Crippen LogP contribution in [0.2, 0.25) is 0 Å². The number of benzene rings is 2. The van der Waals surface area contributed by atoms with Gasteiger partial charge in [0.2, 0.25) is 0 Å². The van der Waals surface area contributed by atoms with Crippen molar-refractivity contribution < 1.29 is 22.9 Å². The first-order chi connectivity index (χ1) is 12.5. The minimum Gasteiger partial charge on any atom is -0.444 e. The molecule has 6 nitrogen and oxygen atoms in total. The molecule has 8 heteroatoms. The Labute approximate surface area is 159 Å². The Morgan fingerprint density at radius 1 is 1.04 bits per heavy atom.